The van der Waals surface area contributed by atoms with E-state index in [-0.39, 0.29) is 0 Å². The lowest BCUT2D eigenvalue weighted by molar-refractivity contribution is 0.264. The molecule has 1 aliphatic heterocycles. The van der Waals surface area contributed by atoms with Crippen LogP contribution in [0.3, 0.4) is 0 Å². The van der Waals surface area contributed by atoms with Crippen LogP contribution in [0.2, 0.25) is 0 Å². The van der Waals surface area contributed by atoms with Gasteiger partial charge in [0.1, 0.15) is 0 Å². The second-order valence-corrected chi connectivity index (χ2v) is 6.63. The van der Waals surface area contributed by atoms with E-state index in [1.165, 1.54) is 25.3 Å². The Morgan fingerprint density at radius 3 is 2.79 bits per heavy atom. The third-order valence-corrected chi connectivity index (χ3v) is 4.32. The monoisotopic (exact) mass is 216 g/mol. The van der Waals surface area contributed by atoms with Gasteiger partial charge in [0.25, 0.3) is 0 Å². The Balaban J connectivity index is 2.35. The highest BCUT2D eigenvalue weighted by molar-refractivity contribution is 8.00. The number of nitrogens with zero attached hydrogens (tertiary/aromatic N) is 1. The maximum Gasteiger partial charge on any atom is 0.0165 e. The summed E-state index contributed by atoms with van der Waals surface area (Å²) in [5, 5.41) is 0. The molecule has 1 rings (SSSR count). The normalized spacial score (nSPS) is 25.7. The Morgan fingerprint density at radius 1 is 1.43 bits per heavy atom. The molecule has 1 heterocycles. The van der Waals surface area contributed by atoms with E-state index in [1.807, 2.05) is 0 Å². The lowest BCUT2D eigenvalue weighted by Crippen LogP contribution is -2.38. The molecule has 0 aromatic carbocycles. The van der Waals surface area contributed by atoms with Gasteiger partial charge >= 0.3 is 0 Å². The second kappa shape index (κ2) is 5.38. The molecular formula is C11H24N2S. The molecule has 1 saturated heterocycles. The smallest absolute Gasteiger partial charge is 0.0165 e. The van der Waals surface area contributed by atoms with Crippen LogP contribution in [0.25, 0.3) is 0 Å². The number of thioether (sulfide) groups is 1. The van der Waals surface area contributed by atoms with Gasteiger partial charge in [-0.3, -0.25) is 0 Å². The average Bonchev–Trinajstić information content (AvgIpc) is 2.28. The molecule has 14 heavy (non-hydrogen) atoms. The van der Waals surface area contributed by atoms with E-state index >= 15 is 0 Å². The first kappa shape index (κ1) is 12.3. The minimum atomic E-state index is 0.362. The van der Waals surface area contributed by atoms with Crippen LogP contribution in [-0.4, -0.2) is 41.1 Å². The van der Waals surface area contributed by atoms with E-state index in [2.05, 4.69) is 37.4 Å². The Labute approximate surface area is 92.6 Å². The maximum absolute atomic E-state index is 5.97. The van der Waals surface area contributed by atoms with Crippen molar-refractivity contribution in [3.05, 3.63) is 0 Å². The SMILES string of the molecule is CCC(N)CN1CCSC(C)(C)CC1. The second-order valence-electron chi connectivity index (χ2n) is 4.83. The van der Waals surface area contributed by atoms with Gasteiger partial charge < -0.3 is 10.6 Å². The molecule has 1 aliphatic rings. The van der Waals surface area contributed by atoms with Crippen LogP contribution in [0, 0.1) is 0 Å². The summed E-state index contributed by atoms with van der Waals surface area (Å²) in [6.07, 6.45) is 2.38. The molecule has 0 spiro atoms. The van der Waals surface area contributed by atoms with Crippen LogP contribution in [0.4, 0.5) is 0 Å². The van der Waals surface area contributed by atoms with E-state index in [1.54, 1.807) is 0 Å². The Hall–Kier alpha value is 0.270. The molecule has 0 bridgehead atoms. The molecule has 0 saturated carbocycles. The van der Waals surface area contributed by atoms with Crippen molar-refractivity contribution in [2.75, 3.05) is 25.4 Å². The zero-order valence-corrected chi connectivity index (χ0v) is 10.6. The predicted octanol–water partition coefficient (Wildman–Crippen LogP) is 1.94. The third-order valence-electron chi connectivity index (χ3n) is 2.95. The molecule has 0 amide bonds. The van der Waals surface area contributed by atoms with Crippen LogP contribution < -0.4 is 5.73 Å². The van der Waals surface area contributed by atoms with Crippen LogP contribution in [-0.2, 0) is 0 Å². The number of hydrogen-bond acceptors (Lipinski definition) is 3. The lowest BCUT2D eigenvalue weighted by atomic mass is 10.1. The molecule has 2 N–H and O–H groups in total. The van der Waals surface area contributed by atoms with E-state index in [0.29, 0.717) is 10.8 Å². The van der Waals surface area contributed by atoms with Crippen molar-refractivity contribution in [1.29, 1.82) is 0 Å². The Bertz CT molecular complexity index is 171. The van der Waals surface area contributed by atoms with Crippen molar-refractivity contribution >= 4 is 11.8 Å². The van der Waals surface area contributed by atoms with Crippen molar-refractivity contribution in [2.24, 2.45) is 5.73 Å². The summed E-state index contributed by atoms with van der Waals surface area (Å²) in [6.45, 7) is 10.4. The molecule has 0 aromatic rings. The van der Waals surface area contributed by atoms with Crippen molar-refractivity contribution < 1.29 is 0 Å². The molecule has 3 heteroatoms. The Morgan fingerprint density at radius 2 is 2.14 bits per heavy atom. The third kappa shape index (κ3) is 4.20. The summed E-state index contributed by atoms with van der Waals surface area (Å²) in [6, 6.07) is 0.362. The van der Waals surface area contributed by atoms with Gasteiger partial charge in [0.15, 0.2) is 0 Å². The highest BCUT2D eigenvalue weighted by Crippen LogP contribution is 2.30. The number of nitrogens with two attached hydrogens (primary N) is 1. The van der Waals surface area contributed by atoms with Crippen LogP contribution >= 0.6 is 11.8 Å². The van der Waals surface area contributed by atoms with E-state index in [4.69, 9.17) is 5.73 Å². The molecule has 0 radical (unpaired) electrons. The van der Waals surface area contributed by atoms with Gasteiger partial charge in [-0.1, -0.05) is 20.8 Å². The van der Waals surface area contributed by atoms with Gasteiger partial charge in [-0.05, 0) is 19.4 Å². The molecule has 2 nitrogen and oxygen atoms in total. The standard InChI is InChI=1S/C11H24N2S/c1-4-10(12)9-13-6-5-11(2,3)14-8-7-13/h10H,4-9,12H2,1-3H3. The van der Waals surface area contributed by atoms with E-state index in [9.17, 15) is 0 Å². The van der Waals surface area contributed by atoms with Gasteiger partial charge in [0.2, 0.25) is 0 Å². The largest absolute Gasteiger partial charge is 0.327 e. The van der Waals surface area contributed by atoms with Crippen molar-refractivity contribution in [3.8, 4) is 0 Å². The van der Waals surface area contributed by atoms with Gasteiger partial charge in [-0.15, -0.1) is 0 Å². The molecule has 84 valence electrons. The first-order chi connectivity index (χ1) is 6.53. The summed E-state index contributed by atoms with van der Waals surface area (Å²) >= 11 is 2.10. The molecular weight excluding hydrogens is 192 g/mol. The topological polar surface area (TPSA) is 29.3 Å². The van der Waals surface area contributed by atoms with Crippen molar-refractivity contribution in [1.82, 2.24) is 4.90 Å². The Kier molecular flexibility index (Phi) is 4.74. The van der Waals surface area contributed by atoms with Crippen LogP contribution in [0.15, 0.2) is 0 Å². The van der Waals surface area contributed by atoms with E-state index in [0.717, 1.165) is 13.0 Å². The summed E-state index contributed by atoms with van der Waals surface area (Å²) in [7, 11) is 0. The molecule has 0 aliphatic carbocycles. The fourth-order valence-corrected chi connectivity index (χ4v) is 2.84. The average molecular weight is 216 g/mol. The maximum atomic E-state index is 5.97. The summed E-state index contributed by atoms with van der Waals surface area (Å²) in [5.41, 5.74) is 5.97. The minimum Gasteiger partial charge on any atom is -0.327 e. The first-order valence-electron chi connectivity index (χ1n) is 5.65. The molecule has 1 atom stereocenters. The molecule has 1 fully saturated rings. The van der Waals surface area contributed by atoms with E-state index < -0.39 is 0 Å². The van der Waals surface area contributed by atoms with Gasteiger partial charge in [-0.2, -0.15) is 11.8 Å². The first-order valence-corrected chi connectivity index (χ1v) is 6.64. The number of hydrogen-bond donors (Lipinski definition) is 1. The molecule has 1 unspecified atom stereocenters. The molecule has 0 aromatic heterocycles. The minimum absolute atomic E-state index is 0.362. The number of rotatable bonds is 3. The van der Waals surface area contributed by atoms with Crippen LogP contribution in [0.5, 0.6) is 0 Å². The van der Waals surface area contributed by atoms with Crippen molar-refractivity contribution in [2.45, 2.75) is 44.4 Å². The van der Waals surface area contributed by atoms with Crippen molar-refractivity contribution in [3.63, 3.8) is 0 Å². The van der Waals surface area contributed by atoms with Crippen LogP contribution in [0.1, 0.15) is 33.6 Å². The zero-order chi connectivity index (χ0) is 10.6. The van der Waals surface area contributed by atoms with Gasteiger partial charge in [0.05, 0.1) is 0 Å². The van der Waals surface area contributed by atoms with Gasteiger partial charge in [0, 0.05) is 29.6 Å². The van der Waals surface area contributed by atoms with Gasteiger partial charge in [-0.25, -0.2) is 0 Å². The zero-order valence-electron chi connectivity index (χ0n) is 9.75. The predicted molar refractivity (Wildman–Crippen MR) is 65.9 cm³/mol. The lowest BCUT2D eigenvalue weighted by Gasteiger charge is -2.24. The highest BCUT2D eigenvalue weighted by Gasteiger charge is 2.23. The summed E-state index contributed by atoms with van der Waals surface area (Å²) in [5.74, 6) is 1.25. The summed E-state index contributed by atoms with van der Waals surface area (Å²) in [4.78, 5) is 2.52. The highest BCUT2D eigenvalue weighted by atomic mass is 32.2. The quantitative estimate of drug-likeness (QED) is 0.782. The summed E-state index contributed by atoms with van der Waals surface area (Å²) < 4.78 is 0.463. The fraction of sp³-hybridized carbons (Fsp3) is 1.00. The fourth-order valence-electron chi connectivity index (χ4n) is 1.71.